The van der Waals surface area contributed by atoms with Gasteiger partial charge in [0.25, 0.3) is 5.56 Å². The molecule has 176 valence electrons. The molecule has 1 saturated heterocycles. The Morgan fingerprint density at radius 3 is 2.56 bits per heavy atom. The van der Waals surface area contributed by atoms with E-state index in [2.05, 4.69) is 20.2 Å². The number of fused-ring (bicyclic) bond motifs is 3. The van der Waals surface area contributed by atoms with E-state index in [1.165, 1.54) is 10.7 Å². The van der Waals surface area contributed by atoms with Crippen LogP contribution in [0.2, 0.25) is 0 Å². The van der Waals surface area contributed by atoms with E-state index in [1.54, 1.807) is 23.9 Å². The van der Waals surface area contributed by atoms with Crippen molar-refractivity contribution in [2.45, 2.75) is 6.54 Å². The number of benzene rings is 2. The highest BCUT2D eigenvalue weighted by Gasteiger charge is 2.20. The van der Waals surface area contributed by atoms with Gasteiger partial charge in [0.2, 0.25) is 5.91 Å². The SMILES string of the molecule is Cn1ncc2c3ccccc3n(CC(=O)NCCN3CCN(c4ccccc4F)CC3)c2c1=O. The zero-order valence-electron chi connectivity index (χ0n) is 19.1. The average Bonchev–Trinajstić information content (AvgIpc) is 3.16. The van der Waals surface area contributed by atoms with E-state index in [9.17, 15) is 14.0 Å². The van der Waals surface area contributed by atoms with Gasteiger partial charge in [0, 0.05) is 62.6 Å². The number of carbonyl (C=O) groups is 1. The average molecular weight is 463 g/mol. The number of nitrogens with one attached hydrogen (secondary N) is 1. The molecule has 1 aliphatic heterocycles. The third kappa shape index (κ3) is 4.14. The predicted molar refractivity (Wildman–Crippen MR) is 131 cm³/mol. The molecule has 2 aromatic heterocycles. The predicted octanol–water partition coefficient (Wildman–Crippen LogP) is 1.97. The van der Waals surface area contributed by atoms with Gasteiger partial charge in [-0.05, 0) is 18.2 Å². The standard InChI is InChI=1S/C25H27FN6O2/c1-29-25(34)24-19(16-28-29)18-6-2-4-8-21(18)32(24)17-23(33)27-10-11-30-12-14-31(15-13-30)22-9-5-3-7-20(22)26/h2-9,16H,10-15,17H2,1H3,(H,27,33). The van der Waals surface area contributed by atoms with E-state index in [4.69, 9.17) is 0 Å². The van der Waals surface area contributed by atoms with Crippen molar-refractivity contribution in [3.8, 4) is 0 Å². The molecule has 9 heteroatoms. The molecule has 1 fully saturated rings. The minimum absolute atomic E-state index is 0.0598. The lowest BCUT2D eigenvalue weighted by Crippen LogP contribution is -2.48. The Morgan fingerprint density at radius 1 is 1.03 bits per heavy atom. The van der Waals surface area contributed by atoms with Gasteiger partial charge >= 0.3 is 0 Å². The van der Waals surface area contributed by atoms with Crippen molar-refractivity contribution < 1.29 is 9.18 Å². The van der Waals surface area contributed by atoms with Gasteiger partial charge in [-0.1, -0.05) is 30.3 Å². The van der Waals surface area contributed by atoms with E-state index < -0.39 is 0 Å². The van der Waals surface area contributed by atoms with Crippen LogP contribution in [0.4, 0.5) is 10.1 Å². The molecule has 0 aliphatic carbocycles. The summed E-state index contributed by atoms with van der Waals surface area (Å²) in [5.74, 6) is -0.342. The summed E-state index contributed by atoms with van der Waals surface area (Å²) in [6, 6.07) is 14.5. The first kappa shape index (κ1) is 22.1. The third-order valence-electron chi connectivity index (χ3n) is 6.48. The van der Waals surface area contributed by atoms with Crippen LogP contribution in [-0.4, -0.2) is 64.4 Å². The number of aryl methyl sites for hydroxylation is 1. The van der Waals surface area contributed by atoms with Crippen LogP contribution in [0.1, 0.15) is 0 Å². The lowest BCUT2D eigenvalue weighted by atomic mass is 10.2. The number of nitrogens with zero attached hydrogens (tertiary/aromatic N) is 5. The highest BCUT2D eigenvalue weighted by Crippen LogP contribution is 2.26. The zero-order valence-corrected chi connectivity index (χ0v) is 19.1. The molecule has 0 saturated carbocycles. The van der Waals surface area contributed by atoms with Crippen molar-refractivity contribution in [1.29, 1.82) is 0 Å². The smallest absolute Gasteiger partial charge is 0.291 e. The summed E-state index contributed by atoms with van der Waals surface area (Å²) in [7, 11) is 1.61. The lowest BCUT2D eigenvalue weighted by molar-refractivity contribution is -0.121. The fraction of sp³-hybridized carbons (Fsp3) is 0.320. The number of rotatable bonds is 6. The quantitative estimate of drug-likeness (QED) is 0.474. The van der Waals surface area contributed by atoms with Crippen molar-refractivity contribution in [1.82, 2.24) is 24.6 Å². The molecule has 5 rings (SSSR count). The number of halogens is 1. The highest BCUT2D eigenvalue weighted by atomic mass is 19.1. The summed E-state index contributed by atoms with van der Waals surface area (Å²) in [6.07, 6.45) is 1.68. The maximum atomic E-state index is 14.0. The second-order valence-corrected chi connectivity index (χ2v) is 8.57. The maximum Gasteiger partial charge on any atom is 0.291 e. The van der Waals surface area contributed by atoms with Crippen molar-refractivity contribution in [2.75, 3.05) is 44.2 Å². The van der Waals surface area contributed by atoms with Crippen LogP contribution in [-0.2, 0) is 18.4 Å². The lowest BCUT2D eigenvalue weighted by Gasteiger charge is -2.36. The van der Waals surface area contributed by atoms with E-state index in [0.717, 1.165) is 49.0 Å². The maximum absolute atomic E-state index is 14.0. The first-order chi connectivity index (χ1) is 16.5. The molecular weight excluding hydrogens is 435 g/mol. The third-order valence-corrected chi connectivity index (χ3v) is 6.48. The Morgan fingerprint density at radius 2 is 1.76 bits per heavy atom. The first-order valence-corrected chi connectivity index (χ1v) is 11.4. The van der Waals surface area contributed by atoms with Crippen LogP contribution < -0.4 is 15.8 Å². The van der Waals surface area contributed by atoms with Crippen molar-refractivity contribution in [3.63, 3.8) is 0 Å². The Hall–Kier alpha value is -3.72. The minimum atomic E-state index is -0.228. The zero-order chi connectivity index (χ0) is 23.7. The van der Waals surface area contributed by atoms with Gasteiger partial charge in [-0.15, -0.1) is 0 Å². The van der Waals surface area contributed by atoms with Crippen LogP contribution in [0.25, 0.3) is 21.8 Å². The normalized spacial score (nSPS) is 14.7. The Kier molecular flexibility index (Phi) is 6.02. The molecule has 0 radical (unpaired) electrons. The minimum Gasteiger partial charge on any atom is -0.367 e. The Balaban J connectivity index is 1.20. The second-order valence-electron chi connectivity index (χ2n) is 8.57. The van der Waals surface area contributed by atoms with Crippen molar-refractivity contribution in [2.24, 2.45) is 7.05 Å². The molecule has 0 spiro atoms. The molecule has 4 aromatic rings. The summed E-state index contributed by atoms with van der Waals surface area (Å²) in [5, 5.41) is 8.78. The number of carbonyl (C=O) groups excluding carboxylic acids is 1. The van der Waals surface area contributed by atoms with E-state index >= 15 is 0 Å². The summed E-state index contributed by atoms with van der Waals surface area (Å²) < 4.78 is 17.1. The summed E-state index contributed by atoms with van der Waals surface area (Å²) >= 11 is 0. The molecule has 2 aromatic carbocycles. The van der Waals surface area contributed by atoms with Gasteiger partial charge in [-0.3, -0.25) is 14.5 Å². The largest absolute Gasteiger partial charge is 0.367 e. The molecule has 1 amide bonds. The summed E-state index contributed by atoms with van der Waals surface area (Å²) in [4.78, 5) is 29.9. The molecule has 3 heterocycles. The van der Waals surface area contributed by atoms with Gasteiger partial charge in [0.05, 0.1) is 11.9 Å². The van der Waals surface area contributed by atoms with Gasteiger partial charge in [-0.25, -0.2) is 9.07 Å². The number of para-hydroxylation sites is 2. The Labute approximate surface area is 196 Å². The number of hydrogen-bond acceptors (Lipinski definition) is 5. The first-order valence-electron chi connectivity index (χ1n) is 11.4. The summed E-state index contributed by atoms with van der Waals surface area (Å²) in [6.45, 7) is 4.39. The van der Waals surface area contributed by atoms with Gasteiger partial charge < -0.3 is 14.8 Å². The Bertz CT molecular complexity index is 1400. The summed E-state index contributed by atoms with van der Waals surface area (Å²) in [5.41, 5.74) is 1.73. The van der Waals surface area contributed by atoms with Crippen molar-refractivity contribution >= 4 is 33.4 Å². The van der Waals surface area contributed by atoms with Crippen LogP contribution in [0.15, 0.2) is 59.5 Å². The van der Waals surface area contributed by atoms with E-state index in [0.29, 0.717) is 17.7 Å². The number of amides is 1. The van der Waals surface area contributed by atoms with Gasteiger partial charge in [0.15, 0.2) is 0 Å². The van der Waals surface area contributed by atoms with Crippen LogP contribution in [0.3, 0.4) is 0 Å². The fourth-order valence-electron chi connectivity index (χ4n) is 4.68. The molecule has 0 bridgehead atoms. The van der Waals surface area contributed by atoms with Crippen molar-refractivity contribution in [3.05, 3.63) is 70.9 Å². The molecule has 0 unspecified atom stereocenters. The topological polar surface area (TPSA) is 75.4 Å². The molecular formula is C25H27FN6O2. The van der Waals surface area contributed by atoms with Gasteiger partial charge in [0.1, 0.15) is 17.9 Å². The number of aromatic nitrogens is 3. The van der Waals surface area contributed by atoms with Crippen LogP contribution in [0.5, 0.6) is 0 Å². The second kappa shape index (κ2) is 9.26. The molecule has 1 aliphatic rings. The number of anilines is 1. The highest BCUT2D eigenvalue weighted by molar-refractivity contribution is 6.07. The number of hydrogen-bond donors (Lipinski definition) is 1. The van der Waals surface area contributed by atoms with E-state index in [1.807, 2.05) is 36.4 Å². The van der Waals surface area contributed by atoms with Crippen LogP contribution in [0, 0.1) is 5.82 Å². The van der Waals surface area contributed by atoms with E-state index in [-0.39, 0.29) is 23.8 Å². The molecule has 1 N–H and O–H groups in total. The number of piperazine rings is 1. The molecule has 0 atom stereocenters. The molecule has 34 heavy (non-hydrogen) atoms. The molecule has 8 nitrogen and oxygen atoms in total. The fourth-order valence-corrected chi connectivity index (χ4v) is 4.68. The van der Waals surface area contributed by atoms with Gasteiger partial charge in [-0.2, -0.15) is 5.10 Å². The van der Waals surface area contributed by atoms with Crippen LogP contribution >= 0.6 is 0 Å². The monoisotopic (exact) mass is 462 g/mol.